The predicted octanol–water partition coefficient (Wildman–Crippen LogP) is -0.539. The molecule has 0 radical (unpaired) electrons. The SMILES string of the molecule is OC1CCCNC1.O[C@@H]1CCCNC1. The fourth-order valence-corrected chi connectivity index (χ4v) is 1.67. The van der Waals surface area contributed by atoms with Crippen molar-refractivity contribution in [3.63, 3.8) is 0 Å². The normalized spacial score (nSPS) is 33.0. The minimum atomic E-state index is -0.0752. The molecule has 2 fully saturated rings. The average Bonchev–Trinajstić information content (AvgIpc) is 2.21. The Kier molecular flexibility index (Phi) is 6.10. The number of hydrogen-bond acceptors (Lipinski definition) is 4. The lowest BCUT2D eigenvalue weighted by Gasteiger charge is -2.16. The molecule has 2 heterocycles. The van der Waals surface area contributed by atoms with Gasteiger partial charge in [-0.2, -0.15) is 0 Å². The lowest BCUT2D eigenvalue weighted by atomic mass is 10.1. The summed E-state index contributed by atoms with van der Waals surface area (Å²) in [7, 11) is 0. The zero-order valence-electron chi connectivity index (χ0n) is 8.71. The Morgan fingerprint density at radius 1 is 0.786 bits per heavy atom. The lowest BCUT2D eigenvalue weighted by molar-refractivity contribution is 0.142. The summed E-state index contributed by atoms with van der Waals surface area (Å²) in [4.78, 5) is 0. The third-order valence-corrected chi connectivity index (χ3v) is 2.54. The topological polar surface area (TPSA) is 64.5 Å². The number of β-amino-alcohol motifs (C(OH)–C–C–N with tert-alkyl or cyclic N) is 2. The van der Waals surface area contributed by atoms with Crippen molar-refractivity contribution in [2.75, 3.05) is 26.2 Å². The first-order valence-electron chi connectivity index (χ1n) is 5.56. The van der Waals surface area contributed by atoms with Crippen molar-refractivity contribution < 1.29 is 10.2 Å². The molecule has 0 amide bonds. The van der Waals surface area contributed by atoms with Crippen molar-refractivity contribution in [1.82, 2.24) is 10.6 Å². The molecule has 84 valence electrons. The van der Waals surface area contributed by atoms with Gasteiger partial charge in [0.05, 0.1) is 12.2 Å². The molecule has 0 spiro atoms. The first kappa shape index (κ1) is 11.9. The van der Waals surface area contributed by atoms with Gasteiger partial charge in [0, 0.05) is 13.1 Å². The highest BCUT2D eigenvalue weighted by Gasteiger charge is 2.07. The van der Waals surface area contributed by atoms with E-state index in [1.807, 2.05) is 0 Å². The molecule has 4 heteroatoms. The summed E-state index contributed by atoms with van der Waals surface area (Å²) in [6, 6.07) is 0. The molecule has 0 aromatic rings. The summed E-state index contributed by atoms with van der Waals surface area (Å²) >= 11 is 0. The van der Waals surface area contributed by atoms with E-state index in [0.29, 0.717) is 0 Å². The van der Waals surface area contributed by atoms with E-state index in [4.69, 9.17) is 10.2 Å². The molecule has 0 aromatic carbocycles. The fraction of sp³-hybridized carbons (Fsp3) is 1.00. The Bertz CT molecular complexity index is 116. The maximum atomic E-state index is 8.85. The largest absolute Gasteiger partial charge is 0.392 e. The van der Waals surface area contributed by atoms with Crippen LogP contribution in [0.1, 0.15) is 25.7 Å². The Balaban J connectivity index is 0.000000140. The van der Waals surface area contributed by atoms with Gasteiger partial charge < -0.3 is 20.8 Å². The van der Waals surface area contributed by atoms with Gasteiger partial charge in [0.25, 0.3) is 0 Å². The van der Waals surface area contributed by atoms with Crippen LogP contribution in [-0.4, -0.2) is 48.6 Å². The second-order valence-corrected chi connectivity index (χ2v) is 4.00. The van der Waals surface area contributed by atoms with Crippen LogP contribution in [0.3, 0.4) is 0 Å². The van der Waals surface area contributed by atoms with E-state index >= 15 is 0 Å². The van der Waals surface area contributed by atoms with E-state index in [0.717, 1.165) is 51.9 Å². The predicted molar refractivity (Wildman–Crippen MR) is 56.2 cm³/mol. The molecule has 0 bridgehead atoms. The first-order chi connectivity index (χ1) is 6.79. The van der Waals surface area contributed by atoms with E-state index in [1.165, 1.54) is 0 Å². The fourth-order valence-electron chi connectivity index (χ4n) is 1.67. The maximum Gasteiger partial charge on any atom is 0.0665 e. The molecule has 2 aliphatic rings. The van der Waals surface area contributed by atoms with E-state index in [-0.39, 0.29) is 12.2 Å². The number of hydrogen-bond donors (Lipinski definition) is 4. The quantitative estimate of drug-likeness (QED) is 0.426. The molecule has 2 rings (SSSR count). The van der Waals surface area contributed by atoms with Gasteiger partial charge >= 0.3 is 0 Å². The zero-order chi connectivity index (χ0) is 10.2. The van der Waals surface area contributed by atoms with Crippen LogP contribution >= 0.6 is 0 Å². The minimum Gasteiger partial charge on any atom is -0.392 e. The summed E-state index contributed by atoms with van der Waals surface area (Å²) in [5, 5.41) is 23.9. The number of piperidine rings is 2. The van der Waals surface area contributed by atoms with Gasteiger partial charge in [-0.05, 0) is 38.8 Å². The maximum absolute atomic E-state index is 8.85. The number of aliphatic hydroxyl groups is 2. The van der Waals surface area contributed by atoms with Crippen LogP contribution in [0.4, 0.5) is 0 Å². The van der Waals surface area contributed by atoms with Crippen LogP contribution in [0.5, 0.6) is 0 Å². The van der Waals surface area contributed by atoms with Crippen molar-refractivity contribution >= 4 is 0 Å². The molecule has 0 aromatic heterocycles. The van der Waals surface area contributed by atoms with Crippen LogP contribution in [-0.2, 0) is 0 Å². The van der Waals surface area contributed by atoms with Crippen molar-refractivity contribution in [3.05, 3.63) is 0 Å². The standard InChI is InChI=1S/2C5H11NO/c2*7-5-2-1-3-6-4-5/h2*5-7H,1-4H2/t5-;/m1./s1. The molecule has 0 saturated carbocycles. The third-order valence-electron chi connectivity index (χ3n) is 2.54. The average molecular weight is 202 g/mol. The summed E-state index contributed by atoms with van der Waals surface area (Å²) in [6.07, 6.45) is 4.06. The summed E-state index contributed by atoms with van der Waals surface area (Å²) in [6.45, 7) is 3.74. The van der Waals surface area contributed by atoms with Gasteiger partial charge in [-0.3, -0.25) is 0 Å². The molecular formula is C10H22N2O2. The van der Waals surface area contributed by atoms with E-state index in [1.54, 1.807) is 0 Å². The Morgan fingerprint density at radius 2 is 1.21 bits per heavy atom. The number of rotatable bonds is 0. The molecule has 1 unspecified atom stereocenters. The molecule has 0 aliphatic carbocycles. The van der Waals surface area contributed by atoms with Crippen molar-refractivity contribution in [2.24, 2.45) is 0 Å². The van der Waals surface area contributed by atoms with Gasteiger partial charge in [0.15, 0.2) is 0 Å². The Labute approximate surface area is 85.7 Å². The minimum absolute atomic E-state index is 0.0752. The highest BCUT2D eigenvalue weighted by Crippen LogP contribution is 1.99. The van der Waals surface area contributed by atoms with E-state index in [9.17, 15) is 0 Å². The highest BCUT2D eigenvalue weighted by molar-refractivity contribution is 4.66. The summed E-state index contributed by atoms with van der Waals surface area (Å²) in [5.41, 5.74) is 0. The van der Waals surface area contributed by atoms with Crippen LogP contribution in [0.15, 0.2) is 0 Å². The number of nitrogens with one attached hydrogen (secondary N) is 2. The second kappa shape index (κ2) is 7.17. The highest BCUT2D eigenvalue weighted by atomic mass is 16.3. The van der Waals surface area contributed by atoms with Crippen LogP contribution in [0.2, 0.25) is 0 Å². The molecule has 14 heavy (non-hydrogen) atoms. The van der Waals surface area contributed by atoms with Crippen molar-refractivity contribution in [3.8, 4) is 0 Å². The van der Waals surface area contributed by atoms with Crippen LogP contribution in [0, 0.1) is 0 Å². The van der Waals surface area contributed by atoms with Crippen molar-refractivity contribution in [2.45, 2.75) is 37.9 Å². The van der Waals surface area contributed by atoms with Gasteiger partial charge in [-0.25, -0.2) is 0 Å². The van der Waals surface area contributed by atoms with Gasteiger partial charge in [-0.15, -0.1) is 0 Å². The first-order valence-corrected chi connectivity index (χ1v) is 5.56. The number of aliphatic hydroxyl groups excluding tert-OH is 2. The lowest BCUT2D eigenvalue weighted by Crippen LogP contribution is -2.33. The van der Waals surface area contributed by atoms with Gasteiger partial charge in [0.1, 0.15) is 0 Å². The molecule has 4 nitrogen and oxygen atoms in total. The van der Waals surface area contributed by atoms with Crippen LogP contribution in [0.25, 0.3) is 0 Å². The summed E-state index contributed by atoms with van der Waals surface area (Å²) < 4.78 is 0. The van der Waals surface area contributed by atoms with Gasteiger partial charge in [0.2, 0.25) is 0 Å². The molecule has 2 saturated heterocycles. The van der Waals surface area contributed by atoms with Crippen LogP contribution < -0.4 is 10.6 Å². The van der Waals surface area contributed by atoms with E-state index in [2.05, 4.69) is 10.6 Å². The monoisotopic (exact) mass is 202 g/mol. The molecule has 4 N–H and O–H groups in total. The Morgan fingerprint density at radius 3 is 1.36 bits per heavy atom. The van der Waals surface area contributed by atoms with Crippen molar-refractivity contribution in [1.29, 1.82) is 0 Å². The van der Waals surface area contributed by atoms with E-state index < -0.39 is 0 Å². The Hall–Kier alpha value is -0.160. The second-order valence-electron chi connectivity index (χ2n) is 4.00. The molecule has 2 atom stereocenters. The zero-order valence-corrected chi connectivity index (χ0v) is 8.71. The third kappa shape index (κ3) is 5.54. The summed E-state index contributed by atoms with van der Waals surface area (Å²) in [5.74, 6) is 0. The van der Waals surface area contributed by atoms with Gasteiger partial charge in [-0.1, -0.05) is 0 Å². The molecular weight excluding hydrogens is 180 g/mol. The molecule has 2 aliphatic heterocycles. The smallest absolute Gasteiger partial charge is 0.0665 e.